The Balaban J connectivity index is 1.46. The number of morpholine rings is 1. The lowest BCUT2D eigenvalue weighted by molar-refractivity contribution is 0.0169. The second-order valence-corrected chi connectivity index (χ2v) is 8.11. The molecule has 1 aliphatic carbocycles. The molecule has 2 fully saturated rings. The van der Waals surface area contributed by atoms with Crippen LogP contribution in [-0.4, -0.2) is 53.9 Å². The van der Waals surface area contributed by atoms with E-state index in [4.69, 9.17) is 4.74 Å². The molecule has 0 radical (unpaired) electrons. The average molecular weight is 360 g/mol. The number of aryl methyl sites for hydroxylation is 1. The van der Waals surface area contributed by atoms with Crippen molar-refractivity contribution in [2.24, 2.45) is 0 Å². The van der Waals surface area contributed by atoms with Gasteiger partial charge in [0.2, 0.25) is 0 Å². The molecule has 4 rings (SSSR count). The fourth-order valence-corrected chi connectivity index (χ4v) is 4.39. The molecule has 0 unspecified atom stereocenters. The van der Waals surface area contributed by atoms with E-state index < -0.39 is 0 Å². The number of carbonyl (C=O) groups is 1. The number of nitrogens with one attached hydrogen (secondary N) is 2. The van der Waals surface area contributed by atoms with Crippen molar-refractivity contribution < 1.29 is 9.53 Å². The largest absolute Gasteiger partial charge is 0.379 e. The smallest absolute Gasteiger partial charge is 0.254 e. The molecule has 1 atom stereocenters. The summed E-state index contributed by atoms with van der Waals surface area (Å²) in [6, 6.07) is 4.53. The fourth-order valence-electron chi connectivity index (χ4n) is 3.38. The maximum Gasteiger partial charge on any atom is 0.254 e. The molecule has 25 heavy (non-hydrogen) atoms. The zero-order chi connectivity index (χ0) is 17.2. The highest BCUT2D eigenvalue weighted by Gasteiger charge is 2.30. The van der Waals surface area contributed by atoms with Crippen molar-refractivity contribution in [1.29, 1.82) is 0 Å². The molecule has 3 heterocycles. The third kappa shape index (κ3) is 3.78. The standard InChI is InChI=1S/C18H24N4O2S/c1-12-2-5-16(25-12)15(22-6-8-24-9-7-22)11-19-18(23)14-10-20-21-17(14)13-3-4-13/h2,5,10,13,15H,3-4,6-9,11H2,1H3,(H,19,23)(H,20,21)/t15-/m1/s1. The molecule has 1 aliphatic heterocycles. The van der Waals surface area contributed by atoms with Gasteiger partial charge in [0.1, 0.15) is 0 Å². The normalized spacial score (nSPS) is 19.7. The van der Waals surface area contributed by atoms with Gasteiger partial charge in [0.15, 0.2) is 0 Å². The summed E-state index contributed by atoms with van der Waals surface area (Å²) in [5, 5.41) is 10.2. The van der Waals surface area contributed by atoms with E-state index in [0.717, 1.165) is 44.8 Å². The lowest BCUT2D eigenvalue weighted by atomic mass is 10.1. The van der Waals surface area contributed by atoms with E-state index in [-0.39, 0.29) is 11.9 Å². The molecule has 134 valence electrons. The first kappa shape index (κ1) is 16.8. The molecule has 2 aromatic rings. The number of hydrogen-bond donors (Lipinski definition) is 2. The van der Waals surface area contributed by atoms with E-state index in [9.17, 15) is 4.79 Å². The van der Waals surface area contributed by atoms with Crippen LogP contribution in [0.1, 0.15) is 50.6 Å². The Hall–Kier alpha value is -1.70. The molecule has 2 aromatic heterocycles. The lowest BCUT2D eigenvalue weighted by Gasteiger charge is -2.34. The highest BCUT2D eigenvalue weighted by atomic mass is 32.1. The first-order valence-electron chi connectivity index (χ1n) is 8.92. The molecule has 6 nitrogen and oxygen atoms in total. The van der Waals surface area contributed by atoms with Gasteiger partial charge in [0, 0.05) is 35.3 Å². The highest BCUT2D eigenvalue weighted by Crippen LogP contribution is 2.40. The second-order valence-electron chi connectivity index (χ2n) is 6.79. The van der Waals surface area contributed by atoms with Gasteiger partial charge in [-0.1, -0.05) is 0 Å². The maximum absolute atomic E-state index is 12.7. The summed E-state index contributed by atoms with van der Waals surface area (Å²) in [6.45, 7) is 6.03. The Bertz CT molecular complexity index is 731. The topological polar surface area (TPSA) is 70.2 Å². The van der Waals surface area contributed by atoms with Crippen molar-refractivity contribution in [3.63, 3.8) is 0 Å². The summed E-state index contributed by atoms with van der Waals surface area (Å²) >= 11 is 1.80. The molecule has 0 bridgehead atoms. The SMILES string of the molecule is Cc1ccc([C@@H](CNC(=O)c2cn[nH]c2C2CC2)N2CCOCC2)s1. The summed E-state index contributed by atoms with van der Waals surface area (Å²) in [4.78, 5) is 17.7. The molecule has 2 aliphatic rings. The van der Waals surface area contributed by atoms with Gasteiger partial charge in [-0.15, -0.1) is 11.3 Å². The van der Waals surface area contributed by atoms with Crippen molar-refractivity contribution >= 4 is 17.2 Å². The van der Waals surface area contributed by atoms with Crippen LogP contribution in [-0.2, 0) is 4.74 Å². The quantitative estimate of drug-likeness (QED) is 0.830. The molecule has 1 amide bonds. The Kier molecular flexibility index (Phi) is 4.87. The maximum atomic E-state index is 12.7. The number of aromatic amines is 1. The number of ether oxygens (including phenoxy) is 1. The molecular formula is C18H24N4O2S. The average Bonchev–Trinajstić information content (AvgIpc) is 3.19. The first-order chi connectivity index (χ1) is 12.2. The van der Waals surface area contributed by atoms with E-state index in [1.54, 1.807) is 17.5 Å². The van der Waals surface area contributed by atoms with Gasteiger partial charge in [0.25, 0.3) is 5.91 Å². The van der Waals surface area contributed by atoms with Gasteiger partial charge in [0.05, 0.1) is 36.7 Å². The number of hydrogen-bond acceptors (Lipinski definition) is 5. The van der Waals surface area contributed by atoms with Crippen LogP contribution in [0.25, 0.3) is 0 Å². The Labute approximate surface area is 151 Å². The van der Waals surface area contributed by atoms with Crippen LogP contribution in [0, 0.1) is 6.92 Å². The van der Waals surface area contributed by atoms with Gasteiger partial charge in [-0.2, -0.15) is 5.10 Å². The van der Waals surface area contributed by atoms with Crippen LogP contribution in [0.4, 0.5) is 0 Å². The number of amides is 1. The molecule has 0 aromatic carbocycles. The Morgan fingerprint density at radius 1 is 1.44 bits per heavy atom. The zero-order valence-corrected chi connectivity index (χ0v) is 15.3. The monoisotopic (exact) mass is 360 g/mol. The van der Waals surface area contributed by atoms with Gasteiger partial charge in [-0.05, 0) is 31.9 Å². The van der Waals surface area contributed by atoms with Gasteiger partial charge < -0.3 is 10.1 Å². The number of thiophene rings is 1. The summed E-state index contributed by atoms with van der Waals surface area (Å²) in [7, 11) is 0. The van der Waals surface area contributed by atoms with Crippen molar-refractivity contribution in [3.8, 4) is 0 Å². The summed E-state index contributed by atoms with van der Waals surface area (Å²) in [5.74, 6) is 0.459. The third-order valence-electron chi connectivity index (χ3n) is 4.93. The molecule has 2 N–H and O–H groups in total. The van der Waals surface area contributed by atoms with Crippen LogP contribution in [0.2, 0.25) is 0 Å². The number of aromatic nitrogens is 2. The van der Waals surface area contributed by atoms with Crippen molar-refractivity contribution in [2.45, 2.75) is 31.7 Å². The van der Waals surface area contributed by atoms with E-state index in [1.165, 1.54) is 9.75 Å². The molecule has 7 heteroatoms. The number of rotatable bonds is 6. The van der Waals surface area contributed by atoms with E-state index >= 15 is 0 Å². The van der Waals surface area contributed by atoms with Crippen LogP contribution in [0.15, 0.2) is 18.3 Å². The second kappa shape index (κ2) is 7.27. The molecule has 0 spiro atoms. The van der Waals surface area contributed by atoms with E-state index in [0.29, 0.717) is 18.0 Å². The predicted molar refractivity (Wildman–Crippen MR) is 97.1 cm³/mol. The third-order valence-corrected chi connectivity index (χ3v) is 6.03. The van der Waals surface area contributed by atoms with Crippen molar-refractivity contribution in [3.05, 3.63) is 39.3 Å². The molecule has 1 saturated carbocycles. The number of carbonyl (C=O) groups excluding carboxylic acids is 1. The summed E-state index contributed by atoms with van der Waals surface area (Å²) in [6.07, 6.45) is 3.95. The minimum atomic E-state index is -0.0258. The fraction of sp³-hybridized carbons (Fsp3) is 0.556. The van der Waals surface area contributed by atoms with Crippen molar-refractivity contribution in [2.75, 3.05) is 32.8 Å². The number of H-pyrrole nitrogens is 1. The van der Waals surface area contributed by atoms with Gasteiger partial charge >= 0.3 is 0 Å². The van der Waals surface area contributed by atoms with Crippen molar-refractivity contribution in [1.82, 2.24) is 20.4 Å². The minimum absolute atomic E-state index is 0.0258. The van der Waals surface area contributed by atoms with Gasteiger partial charge in [-0.25, -0.2) is 0 Å². The highest BCUT2D eigenvalue weighted by molar-refractivity contribution is 7.12. The summed E-state index contributed by atoms with van der Waals surface area (Å²) in [5.41, 5.74) is 1.69. The van der Waals surface area contributed by atoms with Gasteiger partial charge in [-0.3, -0.25) is 14.8 Å². The lowest BCUT2D eigenvalue weighted by Crippen LogP contribution is -2.43. The van der Waals surface area contributed by atoms with Crippen LogP contribution >= 0.6 is 11.3 Å². The zero-order valence-electron chi connectivity index (χ0n) is 14.5. The Morgan fingerprint density at radius 2 is 2.24 bits per heavy atom. The van der Waals surface area contributed by atoms with E-state index in [1.807, 2.05) is 0 Å². The predicted octanol–water partition coefficient (Wildman–Crippen LogP) is 2.46. The van der Waals surface area contributed by atoms with Crippen LogP contribution < -0.4 is 5.32 Å². The van der Waals surface area contributed by atoms with Crippen LogP contribution in [0.5, 0.6) is 0 Å². The molecule has 1 saturated heterocycles. The van der Waals surface area contributed by atoms with E-state index in [2.05, 4.69) is 39.5 Å². The van der Waals surface area contributed by atoms with Crippen LogP contribution in [0.3, 0.4) is 0 Å². The summed E-state index contributed by atoms with van der Waals surface area (Å²) < 4.78 is 5.49. The first-order valence-corrected chi connectivity index (χ1v) is 9.73. The minimum Gasteiger partial charge on any atom is -0.379 e. The Morgan fingerprint density at radius 3 is 2.92 bits per heavy atom. The molecular weight excluding hydrogens is 336 g/mol. The number of nitrogens with zero attached hydrogens (tertiary/aromatic N) is 2.